The molecule has 0 unspecified atom stereocenters. The Balaban J connectivity index is 2.27. The van der Waals surface area contributed by atoms with Crippen LogP contribution in [-0.4, -0.2) is 29.3 Å². The number of carbonyl (C=O) groups is 2. The second-order valence-corrected chi connectivity index (χ2v) is 9.16. The highest BCUT2D eigenvalue weighted by Crippen LogP contribution is 2.25. The summed E-state index contributed by atoms with van der Waals surface area (Å²) < 4.78 is 0. The smallest absolute Gasteiger partial charge is 0.242 e. The summed E-state index contributed by atoms with van der Waals surface area (Å²) in [5.41, 5.74) is 1.41. The molecule has 0 aromatic heterocycles. The Kier molecular flexibility index (Phi) is 9.30. The van der Waals surface area contributed by atoms with Gasteiger partial charge < -0.3 is 10.2 Å². The molecule has 2 amide bonds. The summed E-state index contributed by atoms with van der Waals surface area (Å²) in [6.07, 6.45) is 0.0408. The molecule has 1 atom stereocenters. The van der Waals surface area contributed by atoms with Gasteiger partial charge in [-0.3, -0.25) is 9.59 Å². The molecule has 1 N–H and O–H groups in total. The molecule has 0 saturated heterocycles. The van der Waals surface area contributed by atoms with E-state index in [-0.39, 0.29) is 24.8 Å². The Labute approximate surface area is 197 Å². The highest BCUT2D eigenvalue weighted by Gasteiger charge is 2.27. The summed E-state index contributed by atoms with van der Waals surface area (Å²) in [5.74, 6) is -0.162. The van der Waals surface area contributed by atoms with Gasteiger partial charge in [0.1, 0.15) is 6.04 Å². The molecule has 162 valence electrons. The van der Waals surface area contributed by atoms with Crippen LogP contribution in [-0.2, 0) is 22.6 Å². The third-order valence-corrected chi connectivity index (χ3v) is 5.87. The Morgan fingerprint density at radius 1 is 0.933 bits per heavy atom. The van der Waals surface area contributed by atoms with E-state index in [1.54, 1.807) is 43.3 Å². The average Bonchev–Trinajstić information content (AvgIpc) is 2.68. The number of amides is 2. The highest BCUT2D eigenvalue weighted by atomic mass is 35.5. The lowest BCUT2D eigenvalue weighted by Crippen LogP contribution is -2.48. The van der Waals surface area contributed by atoms with E-state index in [1.165, 1.54) is 4.90 Å². The van der Waals surface area contributed by atoms with E-state index < -0.39 is 6.04 Å². The van der Waals surface area contributed by atoms with Gasteiger partial charge in [0.15, 0.2) is 0 Å². The minimum Gasteiger partial charge on any atom is -0.354 e. The van der Waals surface area contributed by atoms with E-state index in [0.29, 0.717) is 38.1 Å². The number of hydrogen-bond donors (Lipinski definition) is 1. The molecule has 0 saturated carbocycles. The molecule has 0 aliphatic heterocycles. The van der Waals surface area contributed by atoms with Gasteiger partial charge in [-0.05, 0) is 48.2 Å². The SMILES string of the molecule is CC(C)CNC(=O)[C@H](C)N(Cc1ccc(Cl)c(Cl)c1)C(=O)Cc1ccc(Cl)cc1Cl. The first-order valence-electron chi connectivity index (χ1n) is 9.53. The van der Waals surface area contributed by atoms with Crippen molar-refractivity contribution in [3.63, 3.8) is 0 Å². The second-order valence-electron chi connectivity index (χ2n) is 7.50. The number of nitrogens with one attached hydrogen (secondary N) is 1. The van der Waals surface area contributed by atoms with Gasteiger partial charge in [-0.1, -0.05) is 72.4 Å². The molecule has 30 heavy (non-hydrogen) atoms. The molecule has 0 radical (unpaired) electrons. The van der Waals surface area contributed by atoms with Crippen LogP contribution < -0.4 is 5.32 Å². The minimum atomic E-state index is -0.684. The largest absolute Gasteiger partial charge is 0.354 e. The fourth-order valence-corrected chi connectivity index (χ4v) is 3.60. The van der Waals surface area contributed by atoms with Crippen LogP contribution in [0.4, 0.5) is 0 Å². The fraction of sp³-hybridized carbons (Fsp3) is 0.364. The molecule has 4 nitrogen and oxygen atoms in total. The molecule has 0 spiro atoms. The zero-order chi connectivity index (χ0) is 22.4. The third-order valence-electron chi connectivity index (χ3n) is 4.55. The predicted octanol–water partition coefficient (Wildman–Crippen LogP) is 6.03. The van der Waals surface area contributed by atoms with Crippen LogP contribution in [0.25, 0.3) is 0 Å². The first kappa shape index (κ1) is 24.8. The van der Waals surface area contributed by atoms with Crippen molar-refractivity contribution in [2.75, 3.05) is 6.54 Å². The van der Waals surface area contributed by atoms with Crippen molar-refractivity contribution >= 4 is 58.2 Å². The number of carbonyl (C=O) groups excluding carboxylic acids is 2. The van der Waals surface area contributed by atoms with Crippen molar-refractivity contribution in [1.29, 1.82) is 0 Å². The molecule has 0 aliphatic carbocycles. The van der Waals surface area contributed by atoms with Gasteiger partial charge in [-0.15, -0.1) is 0 Å². The summed E-state index contributed by atoms with van der Waals surface area (Å²) in [5, 5.41) is 4.59. The van der Waals surface area contributed by atoms with Crippen LogP contribution >= 0.6 is 46.4 Å². The van der Waals surface area contributed by atoms with Crippen molar-refractivity contribution in [3.05, 3.63) is 67.6 Å². The van der Waals surface area contributed by atoms with Crippen molar-refractivity contribution in [2.45, 2.75) is 39.8 Å². The molecule has 2 aromatic carbocycles. The van der Waals surface area contributed by atoms with Gasteiger partial charge in [0.05, 0.1) is 16.5 Å². The average molecular weight is 490 g/mol. The quantitative estimate of drug-likeness (QED) is 0.491. The summed E-state index contributed by atoms with van der Waals surface area (Å²) in [6.45, 7) is 6.45. The number of hydrogen-bond acceptors (Lipinski definition) is 2. The van der Waals surface area contributed by atoms with Crippen molar-refractivity contribution in [2.24, 2.45) is 5.92 Å². The maximum Gasteiger partial charge on any atom is 0.242 e. The lowest BCUT2D eigenvalue weighted by atomic mass is 10.1. The van der Waals surface area contributed by atoms with E-state index in [2.05, 4.69) is 5.32 Å². The Morgan fingerprint density at radius 2 is 1.63 bits per heavy atom. The van der Waals surface area contributed by atoms with Crippen molar-refractivity contribution < 1.29 is 9.59 Å². The molecule has 8 heteroatoms. The van der Waals surface area contributed by atoms with E-state index in [4.69, 9.17) is 46.4 Å². The highest BCUT2D eigenvalue weighted by molar-refractivity contribution is 6.42. The molecule has 0 fully saturated rings. The topological polar surface area (TPSA) is 49.4 Å². The van der Waals surface area contributed by atoms with Gasteiger partial charge in [0, 0.05) is 23.1 Å². The first-order valence-corrected chi connectivity index (χ1v) is 11.0. The predicted molar refractivity (Wildman–Crippen MR) is 124 cm³/mol. The molecular formula is C22H24Cl4N2O2. The van der Waals surface area contributed by atoms with Gasteiger partial charge in [0.25, 0.3) is 0 Å². The fourth-order valence-electron chi connectivity index (χ4n) is 2.80. The number of rotatable bonds is 8. The van der Waals surface area contributed by atoms with Crippen LogP contribution in [0.3, 0.4) is 0 Å². The molecule has 0 heterocycles. The zero-order valence-corrected chi connectivity index (χ0v) is 20.0. The third kappa shape index (κ3) is 7.05. The maximum absolute atomic E-state index is 13.2. The summed E-state index contributed by atoms with van der Waals surface area (Å²) in [4.78, 5) is 27.4. The first-order chi connectivity index (χ1) is 14.1. The van der Waals surface area contributed by atoms with Crippen LogP contribution in [0.15, 0.2) is 36.4 Å². The lowest BCUT2D eigenvalue weighted by molar-refractivity contribution is -0.140. The Hall–Kier alpha value is -1.46. The van der Waals surface area contributed by atoms with Crippen LogP contribution in [0.5, 0.6) is 0 Å². The van der Waals surface area contributed by atoms with Crippen LogP contribution in [0, 0.1) is 5.92 Å². The van der Waals surface area contributed by atoms with E-state index in [0.717, 1.165) is 5.56 Å². The molecule has 2 aromatic rings. The second kappa shape index (κ2) is 11.2. The van der Waals surface area contributed by atoms with E-state index in [9.17, 15) is 9.59 Å². The lowest BCUT2D eigenvalue weighted by Gasteiger charge is -2.29. The minimum absolute atomic E-state index is 0.0408. The Bertz CT molecular complexity index is 918. The number of halogens is 4. The van der Waals surface area contributed by atoms with Crippen LogP contribution in [0.1, 0.15) is 31.9 Å². The maximum atomic E-state index is 13.2. The summed E-state index contributed by atoms with van der Waals surface area (Å²) in [6, 6.07) is 9.44. The number of benzene rings is 2. The molecule has 2 rings (SSSR count). The molecular weight excluding hydrogens is 466 g/mol. The standard InChI is InChI=1S/C22H24Cl4N2O2/c1-13(2)11-27-22(30)14(3)28(12-15-4-7-18(24)20(26)8-15)21(29)9-16-5-6-17(23)10-19(16)25/h4-8,10,13-14H,9,11-12H2,1-3H3,(H,27,30)/t14-/m0/s1. The van der Waals surface area contributed by atoms with Crippen LogP contribution in [0.2, 0.25) is 20.1 Å². The molecule has 0 aliphatic rings. The van der Waals surface area contributed by atoms with E-state index in [1.807, 2.05) is 13.8 Å². The summed E-state index contributed by atoms with van der Waals surface area (Å²) >= 11 is 24.3. The normalized spacial score (nSPS) is 12.0. The monoisotopic (exact) mass is 488 g/mol. The Morgan fingerprint density at radius 3 is 2.23 bits per heavy atom. The summed E-state index contributed by atoms with van der Waals surface area (Å²) in [7, 11) is 0. The van der Waals surface area contributed by atoms with E-state index >= 15 is 0 Å². The number of nitrogens with zero attached hydrogens (tertiary/aromatic N) is 1. The zero-order valence-electron chi connectivity index (χ0n) is 17.0. The van der Waals surface area contributed by atoms with Gasteiger partial charge in [-0.2, -0.15) is 0 Å². The van der Waals surface area contributed by atoms with Gasteiger partial charge in [-0.25, -0.2) is 0 Å². The van der Waals surface area contributed by atoms with Crippen molar-refractivity contribution in [1.82, 2.24) is 10.2 Å². The molecule has 0 bridgehead atoms. The van der Waals surface area contributed by atoms with Gasteiger partial charge >= 0.3 is 0 Å². The van der Waals surface area contributed by atoms with Crippen molar-refractivity contribution in [3.8, 4) is 0 Å². The van der Waals surface area contributed by atoms with Gasteiger partial charge in [0.2, 0.25) is 11.8 Å².